The first-order valence-electron chi connectivity index (χ1n) is 7.15. The van der Waals surface area contributed by atoms with E-state index in [4.69, 9.17) is 0 Å². The summed E-state index contributed by atoms with van der Waals surface area (Å²) in [7, 11) is 0. The van der Waals surface area contributed by atoms with Gasteiger partial charge in [0.25, 0.3) is 0 Å². The van der Waals surface area contributed by atoms with Crippen molar-refractivity contribution in [3.63, 3.8) is 0 Å². The van der Waals surface area contributed by atoms with E-state index in [1.165, 1.54) is 27.5 Å². The van der Waals surface area contributed by atoms with Crippen molar-refractivity contribution >= 4 is 16.8 Å². The van der Waals surface area contributed by atoms with E-state index in [1.54, 1.807) is 0 Å². The van der Waals surface area contributed by atoms with Crippen LogP contribution in [0.25, 0.3) is 16.8 Å². The molecule has 3 aromatic carbocycles. The summed E-state index contributed by atoms with van der Waals surface area (Å²) in [5, 5.41) is 2.67. The molecular formula is C20H16. The van der Waals surface area contributed by atoms with Crippen molar-refractivity contribution in [3.05, 3.63) is 89.5 Å². The van der Waals surface area contributed by atoms with Crippen molar-refractivity contribution in [3.8, 4) is 0 Å². The van der Waals surface area contributed by atoms with Crippen molar-refractivity contribution < 1.29 is 0 Å². The fourth-order valence-corrected chi connectivity index (χ4v) is 3.11. The van der Waals surface area contributed by atoms with Gasteiger partial charge in [-0.25, -0.2) is 0 Å². The molecule has 0 fully saturated rings. The fraction of sp³-hybridized carbons (Fsp3) is 0.100. The normalized spacial score (nSPS) is 16.5. The standard InChI is InChI=1S/C20H16/c1-2-6-15(7-3-1)12-18-10-11-19-13-16-8-4-5-9-17(16)14-20(18)19/h1-11,13-14,18H,12H2. The van der Waals surface area contributed by atoms with Crippen LogP contribution in [0.5, 0.6) is 0 Å². The maximum atomic E-state index is 2.36. The molecule has 1 aliphatic carbocycles. The lowest BCUT2D eigenvalue weighted by Gasteiger charge is -2.12. The molecule has 20 heavy (non-hydrogen) atoms. The van der Waals surface area contributed by atoms with Gasteiger partial charge in [0.15, 0.2) is 0 Å². The van der Waals surface area contributed by atoms with Gasteiger partial charge in [0, 0.05) is 5.92 Å². The Morgan fingerprint density at radius 1 is 0.750 bits per heavy atom. The number of fused-ring (bicyclic) bond motifs is 2. The highest BCUT2D eigenvalue weighted by Gasteiger charge is 2.18. The van der Waals surface area contributed by atoms with Crippen LogP contribution in [0.4, 0.5) is 0 Å². The molecule has 0 radical (unpaired) electrons. The van der Waals surface area contributed by atoms with Gasteiger partial charge < -0.3 is 0 Å². The molecule has 4 rings (SSSR count). The first-order valence-corrected chi connectivity index (χ1v) is 7.15. The van der Waals surface area contributed by atoms with Gasteiger partial charge >= 0.3 is 0 Å². The molecule has 0 nitrogen and oxygen atoms in total. The number of rotatable bonds is 2. The molecule has 0 bridgehead atoms. The van der Waals surface area contributed by atoms with Crippen LogP contribution in [0.2, 0.25) is 0 Å². The van der Waals surface area contributed by atoms with Gasteiger partial charge in [0.05, 0.1) is 0 Å². The SMILES string of the molecule is C1=CC(Cc2ccccc2)c2cc3ccccc3cc21. The molecule has 0 N–H and O–H groups in total. The zero-order chi connectivity index (χ0) is 13.4. The van der Waals surface area contributed by atoms with Gasteiger partial charge in [0.1, 0.15) is 0 Å². The third-order valence-electron chi connectivity index (χ3n) is 4.16. The monoisotopic (exact) mass is 256 g/mol. The molecule has 0 saturated heterocycles. The summed E-state index contributed by atoms with van der Waals surface area (Å²) in [6, 6.07) is 24.0. The first kappa shape index (κ1) is 11.5. The zero-order valence-electron chi connectivity index (χ0n) is 11.3. The molecule has 0 heteroatoms. The van der Waals surface area contributed by atoms with E-state index in [9.17, 15) is 0 Å². The Kier molecular flexibility index (Phi) is 2.67. The number of hydrogen-bond acceptors (Lipinski definition) is 0. The second kappa shape index (κ2) is 4.64. The van der Waals surface area contributed by atoms with E-state index < -0.39 is 0 Å². The van der Waals surface area contributed by atoms with Crippen LogP contribution in [0.1, 0.15) is 22.6 Å². The van der Waals surface area contributed by atoms with Crippen molar-refractivity contribution in [2.24, 2.45) is 0 Å². The molecule has 96 valence electrons. The second-order valence-electron chi connectivity index (χ2n) is 5.48. The first-order chi connectivity index (χ1) is 9.90. The lowest BCUT2D eigenvalue weighted by molar-refractivity contribution is 0.852. The number of hydrogen-bond donors (Lipinski definition) is 0. The lowest BCUT2D eigenvalue weighted by Crippen LogP contribution is -1.98. The largest absolute Gasteiger partial charge is 0.0760 e. The maximum Gasteiger partial charge on any atom is 0.00678 e. The van der Waals surface area contributed by atoms with Gasteiger partial charge in [-0.1, -0.05) is 66.7 Å². The Morgan fingerprint density at radius 3 is 2.25 bits per heavy atom. The molecular weight excluding hydrogens is 240 g/mol. The zero-order valence-corrected chi connectivity index (χ0v) is 11.3. The second-order valence-corrected chi connectivity index (χ2v) is 5.48. The van der Waals surface area contributed by atoms with E-state index in [0.717, 1.165) is 6.42 Å². The molecule has 3 aromatic rings. The van der Waals surface area contributed by atoms with Crippen LogP contribution in [0, 0.1) is 0 Å². The molecule has 0 amide bonds. The minimum atomic E-state index is 0.511. The van der Waals surface area contributed by atoms with Crippen LogP contribution in [0.3, 0.4) is 0 Å². The van der Waals surface area contributed by atoms with Crippen molar-refractivity contribution in [1.82, 2.24) is 0 Å². The predicted octanol–water partition coefficient (Wildman–Crippen LogP) is 5.19. The van der Waals surface area contributed by atoms with Crippen LogP contribution >= 0.6 is 0 Å². The third-order valence-corrected chi connectivity index (χ3v) is 4.16. The van der Waals surface area contributed by atoms with Crippen LogP contribution in [0.15, 0.2) is 72.8 Å². The Hall–Kier alpha value is -2.34. The summed E-state index contributed by atoms with van der Waals surface area (Å²) in [5.74, 6) is 0.511. The quantitative estimate of drug-likeness (QED) is 0.591. The Labute approximate surface area is 119 Å². The molecule has 0 saturated carbocycles. The smallest absolute Gasteiger partial charge is 0.00678 e. The van der Waals surface area contributed by atoms with Crippen LogP contribution in [-0.2, 0) is 6.42 Å². The third kappa shape index (κ3) is 1.94. The highest BCUT2D eigenvalue weighted by atomic mass is 14.2. The van der Waals surface area contributed by atoms with Crippen molar-refractivity contribution in [1.29, 1.82) is 0 Å². The molecule has 0 heterocycles. The van der Waals surface area contributed by atoms with E-state index in [-0.39, 0.29) is 0 Å². The molecule has 0 spiro atoms. The highest BCUT2D eigenvalue weighted by molar-refractivity contribution is 5.87. The summed E-state index contributed by atoms with van der Waals surface area (Å²) in [6.45, 7) is 0. The molecule has 1 atom stereocenters. The van der Waals surface area contributed by atoms with E-state index >= 15 is 0 Å². The minimum absolute atomic E-state index is 0.511. The summed E-state index contributed by atoms with van der Waals surface area (Å²) < 4.78 is 0. The number of allylic oxidation sites excluding steroid dienone is 1. The van der Waals surface area contributed by atoms with Gasteiger partial charge in [-0.3, -0.25) is 0 Å². The summed E-state index contributed by atoms with van der Waals surface area (Å²) in [5.41, 5.74) is 4.25. The van der Waals surface area contributed by atoms with E-state index in [0.29, 0.717) is 5.92 Å². The highest BCUT2D eigenvalue weighted by Crippen LogP contribution is 2.35. The van der Waals surface area contributed by atoms with Crippen LogP contribution < -0.4 is 0 Å². The minimum Gasteiger partial charge on any atom is -0.0760 e. The lowest BCUT2D eigenvalue weighted by atomic mass is 9.92. The summed E-state index contributed by atoms with van der Waals surface area (Å²) in [4.78, 5) is 0. The Balaban J connectivity index is 1.74. The average Bonchev–Trinajstić information content (AvgIpc) is 2.88. The fourth-order valence-electron chi connectivity index (χ4n) is 3.11. The summed E-state index contributed by atoms with van der Waals surface area (Å²) in [6.07, 6.45) is 5.70. The van der Waals surface area contributed by atoms with Crippen LogP contribution in [-0.4, -0.2) is 0 Å². The Bertz CT molecular complexity index is 782. The molecule has 0 aliphatic heterocycles. The summed E-state index contributed by atoms with van der Waals surface area (Å²) >= 11 is 0. The molecule has 1 unspecified atom stereocenters. The van der Waals surface area contributed by atoms with Gasteiger partial charge in [0.2, 0.25) is 0 Å². The topological polar surface area (TPSA) is 0 Å². The van der Waals surface area contributed by atoms with Crippen molar-refractivity contribution in [2.75, 3.05) is 0 Å². The van der Waals surface area contributed by atoms with E-state index in [2.05, 4.69) is 78.9 Å². The predicted molar refractivity (Wildman–Crippen MR) is 85.9 cm³/mol. The average molecular weight is 256 g/mol. The van der Waals surface area contributed by atoms with E-state index in [1.807, 2.05) is 0 Å². The van der Waals surface area contributed by atoms with Gasteiger partial charge in [-0.15, -0.1) is 0 Å². The molecule has 1 aliphatic rings. The van der Waals surface area contributed by atoms with Crippen molar-refractivity contribution in [2.45, 2.75) is 12.3 Å². The number of benzene rings is 3. The van der Waals surface area contributed by atoms with Gasteiger partial charge in [-0.2, -0.15) is 0 Å². The Morgan fingerprint density at radius 2 is 1.45 bits per heavy atom. The maximum absolute atomic E-state index is 2.36. The van der Waals surface area contributed by atoms with Gasteiger partial charge in [-0.05, 0) is 46.0 Å². The molecule has 0 aromatic heterocycles.